The summed E-state index contributed by atoms with van der Waals surface area (Å²) in [5.74, 6) is 0.902. The standard InChI is InChI=1S/C20H28N4O8S/c1-19(2,3)30-18(26)22-9-12(10-22)6-13-7-14(21-31-13)15-8-20(4-5-20)16-11-23(15)17(25)24(16)32-33(27,28)29/h7,12,15-16H,4-6,8-11H2,1-3H3,(H,27,28,29)/t15-,16-/m0/s1. The highest BCUT2D eigenvalue weighted by atomic mass is 32.3. The second-order valence-corrected chi connectivity index (χ2v) is 11.5. The molecule has 0 unspecified atom stereocenters. The summed E-state index contributed by atoms with van der Waals surface area (Å²) in [6.45, 7) is 6.94. The zero-order chi connectivity index (χ0) is 23.8. The first-order valence-electron chi connectivity index (χ1n) is 11.0. The summed E-state index contributed by atoms with van der Waals surface area (Å²) in [5.41, 5.74) is -0.173. The number of fused-ring (bicyclic) bond motifs is 3. The molecule has 4 heterocycles. The van der Waals surface area contributed by atoms with Crippen molar-refractivity contribution in [3.05, 3.63) is 17.5 Å². The molecule has 0 aromatic carbocycles. The van der Waals surface area contributed by atoms with Gasteiger partial charge in [0.25, 0.3) is 0 Å². The quantitative estimate of drug-likeness (QED) is 0.622. The van der Waals surface area contributed by atoms with E-state index in [9.17, 15) is 18.0 Å². The van der Waals surface area contributed by atoms with Gasteiger partial charge in [-0.15, -0.1) is 4.28 Å². The van der Waals surface area contributed by atoms with Crippen LogP contribution < -0.4 is 0 Å². The Hall–Kier alpha value is -2.38. The topological polar surface area (TPSA) is 143 Å². The van der Waals surface area contributed by atoms with E-state index in [1.165, 1.54) is 4.90 Å². The smallest absolute Gasteiger partial charge is 0.418 e. The van der Waals surface area contributed by atoms with Crippen LogP contribution in [0.1, 0.15) is 57.5 Å². The predicted molar refractivity (Wildman–Crippen MR) is 111 cm³/mol. The van der Waals surface area contributed by atoms with Crippen LogP contribution in [0.4, 0.5) is 9.59 Å². The fourth-order valence-electron chi connectivity index (χ4n) is 5.12. The number of urea groups is 1. The lowest BCUT2D eigenvalue weighted by Crippen LogP contribution is -2.52. The van der Waals surface area contributed by atoms with Crippen molar-refractivity contribution in [2.45, 2.75) is 64.1 Å². The number of aromatic nitrogens is 1. The van der Waals surface area contributed by atoms with Crippen LogP contribution in [0.15, 0.2) is 10.6 Å². The maximum absolute atomic E-state index is 12.8. The van der Waals surface area contributed by atoms with Crippen molar-refractivity contribution in [2.24, 2.45) is 11.3 Å². The minimum absolute atomic E-state index is 0.232. The molecular weight excluding hydrogens is 456 g/mol. The van der Waals surface area contributed by atoms with Crippen LogP contribution >= 0.6 is 0 Å². The molecule has 3 aliphatic heterocycles. The van der Waals surface area contributed by atoms with Crippen molar-refractivity contribution in [1.82, 2.24) is 20.0 Å². The first-order chi connectivity index (χ1) is 15.3. The third kappa shape index (κ3) is 4.28. The van der Waals surface area contributed by atoms with Gasteiger partial charge < -0.3 is 19.1 Å². The lowest BCUT2D eigenvalue weighted by molar-refractivity contribution is -0.0527. The summed E-state index contributed by atoms with van der Waals surface area (Å²) in [7, 11) is -4.80. The van der Waals surface area contributed by atoms with Gasteiger partial charge in [-0.2, -0.15) is 13.5 Å². The lowest BCUT2D eigenvalue weighted by Gasteiger charge is -2.39. The third-order valence-electron chi connectivity index (χ3n) is 6.85. The van der Waals surface area contributed by atoms with Crippen LogP contribution in [0, 0.1) is 11.3 Å². The Balaban J connectivity index is 1.23. The van der Waals surface area contributed by atoms with Gasteiger partial charge in [0.05, 0.1) is 12.1 Å². The predicted octanol–water partition coefficient (Wildman–Crippen LogP) is 2.15. The Morgan fingerprint density at radius 1 is 1.30 bits per heavy atom. The van der Waals surface area contributed by atoms with E-state index in [1.807, 2.05) is 26.8 Å². The maximum atomic E-state index is 12.8. The van der Waals surface area contributed by atoms with Crippen molar-refractivity contribution >= 4 is 22.5 Å². The van der Waals surface area contributed by atoms with Gasteiger partial charge in [-0.1, -0.05) is 5.16 Å². The minimum Gasteiger partial charge on any atom is -0.444 e. The number of carbonyl (C=O) groups excluding carboxylic acids is 2. The number of ether oxygens (including phenoxy) is 1. The van der Waals surface area contributed by atoms with E-state index in [2.05, 4.69) is 9.44 Å². The number of amides is 3. The molecule has 2 bridgehead atoms. The summed E-state index contributed by atoms with van der Waals surface area (Å²) in [6, 6.07) is 0.436. The summed E-state index contributed by atoms with van der Waals surface area (Å²) in [5, 5.41) is 4.99. The van der Waals surface area contributed by atoms with Crippen molar-refractivity contribution in [2.75, 3.05) is 19.6 Å². The van der Waals surface area contributed by atoms with Crippen LogP contribution in [-0.2, 0) is 25.8 Å². The SMILES string of the molecule is CC(C)(C)OC(=O)N1CC(Cc2cc([C@@H]3CC4(CC4)[C@@H]4CN3C(=O)N4OS(=O)(=O)O)no2)C1. The first-order valence-corrected chi connectivity index (χ1v) is 12.4. The molecule has 2 atom stereocenters. The highest BCUT2D eigenvalue weighted by molar-refractivity contribution is 7.80. The van der Waals surface area contributed by atoms with Crippen molar-refractivity contribution < 1.29 is 36.1 Å². The fourth-order valence-corrected chi connectivity index (χ4v) is 5.49. The number of nitrogens with zero attached hydrogens (tertiary/aromatic N) is 4. The summed E-state index contributed by atoms with van der Waals surface area (Å²) in [4.78, 5) is 28.1. The second kappa shape index (κ2) is 7.31. The first kappa shape index (κ1) is 22.4. The summed E-state index contributed by atoms with van der Waals surface area (Å²) < 4.78 is 47.1. The largest absolute Gasteiger partial charge is 0.444 e. The Morgan fingerprint density at radius 2 is 2.00 bits per heavy atom. The molecule has 12 nitrogen and oxygen atoms in total. The van der Waals surface area contributed by atoms with E-state index in [4.69, 9.17) is 13.8 Å². The number of hydrogen-bond donors (Lipinski definition) is 1. The molecule has 3 saturated heterocycles. The minimum atomic E-state index is -4.80. The molecule has 13 heteroatoms. The Kier molecular flexibility index (Phi) is 4.96. The van der Waals surface area contributed by atoms with Gasteiger partial charge in [0.2, 0.25) is 0 Å². The van der Waals surface area contributed by atoms with Crippen molar-refractivity contribution in [3.8, 4) is 0 Å². The van der Waals surface area contributed by atoms with Crippen LogP contribution in [-0.4, -0.2) is 76.4 Å². The normalized spacial score (nSPS) is 26.7. The zero-order valence-electron chi connectivity index (χ0n) is 18.8. The number of likely N-dealkylation sites (tertiary alicyclic amines) is 1. The molecule has 1 N–H and O–H groups in total. The van der Waals surface area contributed by atoms with Gasteiger partial charge in [-0.3, -0.25) is 4.55 Å². The van der Waals surface area contributed by atoms with E-state index >= 15 is 0 Å². The van der Waals surface area contributed by atoms with E-state index in [0.29, 0.717) is 43.9 Å². The Labute approximate surface area is 191 Å². The van der Waals surface area contributed by atoms with Crippen molar-refractivity contribution in [3.63, 3.8) is 0 Å². The van der Waals surface area contributed by atoms with Crippen LogP contribution in [0.3, 0.4) is 0 Å². The number of rotatable bonds is 5. The fraction of sp³-hybridized carbons (Fsp3) is 0.750. The average molecular weight is 485 g/mol. The number of hydroxylamine groups is 2. The molecular formula is C20H28N4O8S. The van der Waals surface area contributed by atoms with Gasteiger partial charge in [0.15, 0.2) is 0 Å². The molecule has 1 saturated carbocycles. The number of piperidine rings is 1. The molecule has 1 spiro atoms. The average Bonchev–Trinajstić information content (AvgIpc) is 3.15. The summed E-state index contributed by atoms with van der Waals surface area (Å²) >= 11 is 0. The second-order valence-electron chi connectivity index (χ2n) is 10.5. The van der Waals surface area contributed by atoms with E-state index < -0.39 is 28.1 Å². The molecule has 0 radical (unpaired) electrons. The lowest BCUT2D eigenvalue weighted by atomic mass is 9.84. The number of hydrogen-bond acceptors (Lipinski definition) is 8. The zero-order valence-corrected chi connectivity index (χ0v) is 19.6. The highest BCUT2D eigenvalue weighted by Crippen LogP contribution is 2.61. The van der Waals surface area contributed by atoms with Crippen molar-refractivity contribution in [1.29, 1.82) is 0 Å². The van der Waals surface area contributed by atoms with Gasteiger partial charge >= 0.3 is 22.5 Å². The molecule has 1 aliphatic carbocycles. The van der Waals surface area contributed by atoms with Crippen LogP contribution in [0.5, 0.6) is 0 Å². The molecule has 1 aromatic heterocycles. The molecule has 4 fully saturated rings. The number of carbonyl (C=O) groups is 2. The molecule has 5 rings (SSSR count). The van der Waals surface area contributed by atoms with Crippen LogP contribution in [0.25, 0.3) is 0 Å². The molecule has 4 aliphatic rings. The monoisotopic (exact) mass is 484 g/mol. The molecule has 1 aromatic rings. The third-order valence-corrected chi connectivity index (χ3v) is 7.20. The molecule has 33 heavy (non-hydrogen) atoms. The maximum Gasteiger partial charge on any atom is 0.418 e. The van der Waals surface area contributed by atoms with Gasteiger partial charge in [0.1, 0.15) is 17.1 Å². The molecule has 3 amide bonds. The van der Waals surface area contributed by atoms with Gasteiger partial charge in [-0.25, -0.2) is 9.59 Å². The van der Waals surface area contributed by atoms with E-state index in [1.54, 1.807) is 4.90 Å². The van der Waals surface area contributed by atoms with Crippen LogP contribution in [0.2, 0.25) is 0 Å². The van der Waals surface area contributed by atoms with Gasteiger partial charge in [0, 0.05) is 38.0 Å². The Morgan fingerprint density at radius 3 is 2.61 bits per heavy atom. The van der Waals surface area contributed by atoms with E-state index in [-0.39, 0.29) is 23.5 Å². The summed E-state index contributed by atoms with van der Waals surface area (Å²) in [6.07, 6.45) is 2.59. The van der Waals surface area contributed by atoms with Gasteiger partial charge in [-0.05, 0) is 45.4 Å². The molecule has 182 valence electrons. The highest BCUT2D eigenvalue weighted by Gasteiger charge is 2.64. The van der Waals surface area contributed by atoms with E-state index in [0.717, 1.165) is 17.9 Å². The Bertz CT molecular complexity index is 1070.